The molecule has 1 heterocycles. The van der Waals surface area contributed by atoms with Gasteiger partial charge in [0.25, 0.3) is 5.91 Å². The van der Waals surface area contributed by atoms with Crippen LogP contribution < -0.4 is 16.8 Å². The highest BCUT2D eigenvalue weighted by Gasteiger charge is 2.77. The zero-order valence-corrected chi connectivity index (χ0v) is 23.0. The molecule has 4 rings (SSSR count). The van der Waals surface area contributed by atoms with Crippen LogP contribution in [0.25, 0.3) is 0 Å². The topological polar surface area (TPSA) is 159 Å². The Hall–Kier alpha value is -2.70. The van der Waals surface area contributed by atoms with Gasteiger partial charge in [-0.2, -0.15) is 13.2 Å². The van der Waals surface area contributed by atoms with Crippen LogP contribution in [0.1, 0.15) is 62.5 Å². The summed E-state index contributed by atoms with van der Waals surface area (Å²) in [5, 5.41) is 19.5. The fourth-order valence-electron chi connectivity index (χ4n) is 7.26. The Bertz CT molecular complexity index is 1130. The van der Waals surface area contributed by atoms with Crippen molar-refractivity contribution in [3.63, 3.8) is 0 Å². The Morgan fingerprint density at radius 1 is 1.07 bits per heavy atom. The van der Waals surface area contributed by atoms with Gasteiger partial charge in [0, 0.05) is 23.5 Å². The lowest BCUT2D eigenvalue weighted by molar-refractivity contribution is -0.900. The van der Waals surface area contributed by atoms with E-state index < -0.39 is 58.4 Å². The number of aliphatic carboxylic acids is 1. The first-order valence-electron chi connectivity index (χ1n) is 13.5. The second-order valence-corrected chi connectivity index (χ2v) is 11.3. The number of alkyl halides is 3. The SMILES string of the molecule is Cl.N=C(N)c1ccc(C[N+]2(C(=O)[C@H](NCC(=O)O)[C@H](C3CCCCC3)C(F)(F)F)CCC[C@@H]3C[C@@]32C(N)=O)cc1. The number of nitrogens with two attached hydrogens (primary N) is 2. The van der Waals surface area contributed by atoms with Crippen molar-refractivity contribution >= 4 is 36.0 Å². The van der Waals surface area contributed by atoms with Crippen LogP contribution in [0.3, 0.4) is 0 Å². The van der Waals surface area contributed by atoms with E-state index in [-0.39, 0.29) is 37.3 Å². The minimum Gasteiger partial charge on any atom is -0.480 e. The molecule has 1 unspecified atom stereocenters. The van der Waals surface area contributed by atoms with E-state index in [1.807, 2.05) is 0 Å². The first-order valence-corrected chi connectivity index (χ1v) is 13.5. The van der Waals surface area contributed by atoms with Gasteiger partial charge in [0.2, 0.25) is 0 Å². The van der Waals surface area contributed by atoms with Gasteiger partial charge in [-0.1, -0.05) is 43.5 Å². The van der Waals surface area contributed by atoms with Crippen LogP contribution in [0, 0.1) is 23.2 Å². The molecule has 1 aromatic carbocycles. The lowest BCUT2D eigenvalue weighted by Crippen LogP contribution is -2.72. The van der Waals surface area contributed by atoms with Gasteiger partial charge in [0.15, 0.2) is 5.54 Å². The molecule has 2 saturated carbocycles. The lowest BCUT2D eigenvalue weighted by atomic mass is 9.75. The summed E-state index contributed by atoms with van der Waals surface area (Å²) in [4.78, 5) is 39.1. The number of piperidine rings is 1. The van der Waals surface area contributed by atoms with Crippen molar-refractivity contribution in [2.24, 2.45) is 29.2 Å². The average molecular weight is 589 g/mol. The van der Waals surface area contributed by atoms with Gasteiger partial charge >= 0.3 is 18.1 Å². The lowest BCUT2D eigenvalue weighted by Gasteiger charge is -2.48. The monoisotopic (exact) mass is 588 g/mol. The van der Waals surface area contributed by atoms with Gasteiger partial charge in [-0.05, 0) is 31.6 Å². The van der Waals surface area contributed by atoms with Crippen LogP contribution in [-0.2, 0) is 20.9 Å². The molecular weight excluding hydrogens is 551 g/mol. The van der Waals surface area contributed by atoms with Gasteiger partial charge in [-0.3, -0.25) is 20.3 Å². The molecule has 40 heavy (non-hydrogen) atoms. The number of likely N-dealkylation sites (tertiary alicyclic amines) is 1. The number of nitrogens with zero attached hydrogens (tertiary/aromatic N) is 1. The van der Waals surface area contributed by atoms with E-state index in [9.17, 15) is 32.7 Å². The molecule has 9 nitrogen and oxygen atoms in total. The summed E-state index contributed by atoms with van der Waals surface area (Å²) >= 11 is 0. The summed E-state index contributed by atoms with van der Waals surface area (Å²) in [5.41, 5.74) is 11.1. The third-order valence-corrected chi connectivity index (χ3v) is 9.13. The molecule has 13 heteroatoms. The molecule has 0 aromatic heterocycles. The van der Waals surface area contributed by atoms with Gasteiger partial charge in [0.1, 0.15) is 18.4 Å². The molecule has 0 radical (unpaired) electrons. The van der Waals surface area contributed by atoms with Crippen LogP contribution >= 0.6 is 12.4 Å². The third-order valence-electron chi connectivity index (χ3n) is 9.13. The molecule has 2 amide bonds. The molecule has 3 fully saturated rings. The van der Waals surface area contributed by atoms with Gasteiger partial charge in [-0.25, -0.2) is 9.28 Å². The Kier molecular flexibility index (Phi) is 9.58. The first-order chi connectivity index (χ1) is 18.3. The van der Waals surface area contributed by atoms with E-state index in [1.54, 1.807) is 24.3 Å². The highest BCUT2D eigenvalue weighted by atomic mass is 35.5. The Balaban J connectivity index is 0.00000441. The van der Waals surface area contributed by atoms with Crippen molar-refractivity contribution in [3.8, 4) is 0 Å². The van der Waals surface area contributed by atoms with Crippen LogP contribution in [0.4, 0.5) is 13.2 Å². The number of hydrogen-bond donors (Lipinski definition) is 5. The van der Waals surface area contributed by atoms with Gasteiger partial charge in [-0.15, -0.1) is 12.4 Å². The predicted molar refractivity (Wildman–Crippen MR) is 143 cm³/mol. The average Bonchev–Trinajstić information content (AvgIpc) is 3.63. The highest BCUT2D eigenvalue weighted by molar-refractivity contribution is 5.95. The second kappa shape index (κ2) is 12.0. The van der Waals surface area contributed by atoms with Gasteiger partial charge < -0.3 is 16.6 Å². The molecule has 3 aliphatic rings. The third kappa shape index (κ3) is 5.84. The maximum Gasteiger partial charge on any atom is 0.394 e. The fraction of sp³-hybridized carbons (Fsp3) is 0.630. The molecule has 0 bridgehead atoms. The minimum absolute atomic E-state index is 0. The smallest absolute Gasteiger partial charge is 0.394 e. The molecule has 1 aromatic rings. The van der Waals surface area contributed by atoms with Crippen molar-refractivity contribution in [2.75, 3.05) is 13.1 Å². The number of carboxylic acid groups (broad SMARTS) is 1. The number of nitrogens with one attached hydrogen (secondary N) is 2. The number of carbonyl (C=O) groups excluding carboxylic acids is 2. The van der Waals surface area contributed by atoms with Crippen LogP contribution in [0.5, 0.6) is 0 Å². The molecule has 2 aliphatic carbocycles. The predicted octanol–water partition coefficient (Wildman–Crippen LogP) is 3.08. The number of fused-ring (bicyclic) bond motifs is 1. The first kappa shape index (κ1) is 31.8. The number of amides is 2. The second-order valence-electron chi connectivity index (χ2n) is 11.3. The number of primary amides is 1. The van der Waals surface area contributed by atoms with Crippen molar-refractivity contribution < 1.29 is 37.1 Å². The highest BCUT2D eigenvalue weighted by Crippen LogP contribution is 2.59. The Labute approximate surface area is 237 Å². The zero-order valence-electron chi connectivity index (χ0n) is 22.2. The van der Waals surface area contributed by atoms with Crippen LogP contribution in [-0.4, -0.2) is 64.1 Å². The minimum atomic E-state index is -4.76. The molecule has 1 aliphatic heterocycles. The van der Waals surface area contributed by atoms with Crippen molar-refractivity contribution in [1.29, 1.82) is 5.41 Å². The number of amidine groups is 1. The summed E-state index contributed by atoms with van der Waals surface area (Å²) in [7, 11) is 0. The number of rotatable bonds is 10. The Morgan fingerprint density at radius 3 is 2.23 bits per heavy atom. The quantitative estimate of drug-likeness (QED) is 0.160. The summed E-state index contributed by atoms with van der Waals surface area (Å²) in [6, 6.07) is 4.62. The maximum absolute atomic E-state index is 14.8. The standard InChI is InChI=1S/C27H36F3N5O4.ClH/c28-27(29,30)21(17-5-2-1-3-6-17)22(34-14-20(36)37)24(38)35(12-4-7-19-13-26(19,35)25(33)39)15-16-8-10-18(11-9-16)23(31)32;/h8-11,17,19,21-22,34H,1-7,12-15H2,(H5-,31,32,33,36,37,39);1H/p+1/t19-,21+,22-,26+,35?;/m1./s1. The van der Waals surface area contributed by atoms with Crippen LogP contribution in [0.2, 0.25) is 0 Å². The number of nitrogen functional groups attached to an aromatic ring is 1. The summed E-state index contributed by atoms with van der Waals surface area (Å²) in [5.74, 6) is -6.26. The number of carboxylic acids is 1. The van der Waals surface area contributed by atoms with Crippen molar-refractivity contribution in [2.45, 2.75) is 75.7 Å². The molecule has 222 valence electrons. The van der Waals surface area contributed by atoms with E-state index in [4.69, 9.17) is 16.9 Å². The van der Waals surface area contributed by atoms with E-state index in [1.165, 1.54) is 0 Å². The zero-order chi connectivity index (χ0) is 28.6. The number of benzene rings is 1. The van der Waals surface area contributed by atoms with E-state index in [2.05, 4.69) is 5.32 Å². The van der Waals surface area contributed by atoms with Crippen molar-refractivity contribution in [1.82, 2.24) is 5.32 Å². The maximum atomic E-state index is 14.8. The largest absolute Gasteiger partial charge is 0.480 e. The molecule has 0 spiro atoms. The number of halogens is 4. The van der Waals surface area contributed by atoms with Gasteiger partial charge in [0.05, 0.1) is 19.0 Å². The van der Waals surface area contributed by atoms with E-state index >= 15 is 0 Å². The molecule has 5 atom stereocenters. The number of carbonyl (C=O) groups is 3. The normalized spacial score (nSPS) is 27.9. The van der Waals surface area contributed by atoms with Crippen molar-refractivity contribution in [3.05, 3.63) is 35.4 Å². The summed E-state index contributed by atoms with van der Waals surface area (Å²) in [6.07, 6.45) is -0.714. The molecule has 7 N–H and O–H groups in total. The summed E-state index contributed by atoms with van der Waals surface area (Å²) in [6.45, 7) is -0.778. The fourth-order valence-corrected chi connectivity index (χ4v) is 7.26. The van der Waals surface area contributed by atoms with E-state index in [0.29, 0.717) is 56.1 Å². The van der Waals surface area contributed by atoms with E-state index in [0.717, 1.165) is 6.42 Å². The number of hydrogen-bond acceptors (Lipinski definition) is 5. The Morgan fingerprint density at radius 2 is 1.70 bits per heavy atom. The molecular formula is C27H38ClF3N5O4+. The molecule has 1 saturated heterocycles. The summed E-state index contributed by atoms with van der Waals surface area (Å²) < 4.78 is 43.7. The van der Waals surface area contributed by atoms with Crippen LogP contribution in [0.15, 0.2) is 24.3 Å². The number of quaternary nitrogens is 1.